The molecule has 0 amide bonds. The number of rotatable bonds is 6. The summed E-state index contributed by atoms with van der Waals surface area (Å²) in [6.07, 6.45) is 3.63. The van der Waals surface area contributed by atoms with Gasteiger partial charge < -0.3 is 9.64 Å². The summed E-state index contributed by atoms with van der Waals surface area (Å²) in [6, 6.07) is 4.61. The second-order valence-corrected chi connectivity index (χ2v) is 5.20. The average Bonchev–Trinajstić information content (AvgIpc) is 2.52. The van der Waals surface area contributed by atoms with Crippen LogP contribution in [0.15, 0.2) is 18.2 Å². The lowest BCUT2D eigenvalue weighted by atomic mass is 10.1. The van der Waals surface area contributed by atoms with Gasteiger partial charge in [-0.1, -0.05) is 6.92 Å². The number of carbonyl (C=O) groups excluding carboxylic acids is 1. The highest BCUT2D eigenvalue weighted by molar-refractivity contribution is 5.79. The van der Waals surface area contributed by atoms with E-state index in [1.165, 1.54) is 6.07 Å². The summed E-state index contributed by atoms with van der Waals surface area (Å²) in [5.74, 6) is 0. The first-order chi connectivity index (χ1) is 10.2. The first-order valence-corrected chi connectivity index (χ1v) is 7.26. The highest BCUT2D eigenvalue weighted by Gasteiger charge is 2.26. The van der Waals surface area contributed by atoms with Gasteiger partial charge in [0.05, 0.1) is 11.0 Å². The Morgan fingerprint density at radius 3 is 3.00 bits per heavy atom. The van der Waals surface area contributed by atoms with Gasteiger partial charge in [-0.2, -0.15) is 0 Å². The lowest BCUT2D eigenvalue weighted by Gasteiger charge is -2.34. The van der Waals surface area contributed by atoms with Crippen LogP contribution in [0.4, 0.5) is 11.4 Å². The Hall–Kier alpha value is -1.95. The topological polar surface area (TPSA) is 72.7 Å². The van der Waals surface area contributed by atoms with Gasteiger partial charge in [-0.15, -0.1) is 0 Å². The zero-order valence-corrected chi connectivity index (χ0v) is 12.2. The number of nitro benzene ring substituents is 1. The molecule has 1 atom stereocenters. The highest BCUT2D eigenvalue weighted by Crippen LogP contribution is 2.31. The van der Waals surface area contributed by atoms with E-state index in [0.717, 1.165) is 25.8 Å². The van der Waals surface area contributed by atoms with Crippen LogP contribution < -0.4 is 4.90 Å². The molecule has 2 rings (SSSR count). The van der Waals surface area contributed by atoms with Gasteiger partial charge in [0.2, 0.25) is 0 Å². The number of aldehydes is 1. The van der Waals surface area contributed by atoms with E-state index in [1.54, 1.807) is 12.1 Å². The minimum Gasteiger partial charge on any atom is -0.376 e. The number of piperidine rings is 1. The Balaban J connectivity index is 2.20. The van der Waals surface area contributed by atoms with Crippen LogP contribution in [0.25, 0.3) is 0 Å². The van der Waals surface area contributed by atoms with E-state index in [2.05, 4.69) is 6.92 Å². The summed E-state index contributed by atoms with van der Waals surface area (Å²) >= 11 is 0. The monoisotopic (exact) mass is 292 g/mol. The fraction of sp³-hybridized carbons (Fsp3) is 0.533. The number of anilines is 1. The highest BCUT2D eigenvalue weighted by atomic mass is 16.6. The number of ether oxygens (including phenoxy) is 1. The number of hydrogen-bond acceptors (Lipinski definition) is 5. The predicted molar refractivity (Wildman–Crippen MR) is 80.0 cm³/mol. The van der Waals surface area contributed by atoms with Gasteiger partial charge in [0.25, 0.3) is 5.69 Å². The summed E-state index contributed by atoms with van der Waals surface area (Å²) in [7, 11) is 0. The van der Waals surface area contributed by atoms with Gasteiger partial charge in [-0.3, -0.25) is 14.9 Å². The third kappa shape index (κ3) is 3.78. The first kappa shape index (κ1) is 15.4. The van der Waals surface area contributed by atoms with Gasteiger partial charge in [0.1, 0.15) is 12.0 Å². The van der Waals surface area contributed by atoms with Crippen LogP contribution in [0.2, 0.25) is 0 Å². The Morgan fingerprint density at radius 2 is 2.33 bits per heavy atom. The van der Waals surface area contributed by atoms with Gasteiger partial charge in [-0.25, -0.2) is 0 Å². The molecule has 1 fully saturated rings. The fourth-order valence-electron chi connectivity index (χ4n) is 2.60. The maximum absolute atomic E-state index is 11.2. The number of nitrogens with zero attached hydrogens (tertiary/aromatic N) is 2. The lowest BCUT2D eigenvalue weighted by molar-refractivity contribution is -0.384. The van der Waals surface area contributed by atoms with Crippen molar-refractivity contribution >= 4 is 17.7 Å². The van der Waals surface area contributed by atoms with Crippen molar-refractivity contribution in [1.82, 2.24) is 0 Å². The van der Waals surface area contributed by atoms with Crippen LogP contribution in [0.1, 0.15) is 36.5 Å². The molecule has 0 radical (unpaired) electrons. The molecule has 1 aliphatic rings. The Morgan fingerprint density at radius 1 is 1.52 bits per heavy atom. The Kier molecular flexibility index (Phi) is 5.27. The smallest absolute Gasteiger partial charge is 0.293 e. The number of nitro groups is 1. The number of hydrogen-bond donors (Lipinski definition) is 0. The maximum Gasteiger partial charge on any atom is 0.293 e. The number of carbonyl (C=O) groups is 1. The molecule has 0 aromatic heterocycles. The molecule has 0 N–H and O–H groups in total. The first-order valence-electron chi connectivity index (χ1n) is 7.26. The molecule has 1 aromatic carbocycles. The summed E-state index contributed by atoms with van der Waals surface area (Å²) in [6.45, 7) is 4.20. The lowest BCUT2D eigenvalue weighted by Crippen LogP contribution is -2.40. The summed E-state index contributed by atoms with van der Waals surface area (Å²) in [5.41, 5.74) is 0.868. The van der Waals surface area contributed by atoms with Crippen molar-refractivity contribution in [1.29, 1.82) is 0 Å². The summed E-state index contributed by atoms with van der Waals surface area (Å²) in [5, 5.41) is 11.2. The molecule has 1 aromatic rings. The van der Waals surface area contributed by atoms with E-state index >= 15 is 0 Å². The molecule has 0 saturated carbocycles. The van der Waals surface area contributed by atoms with E-state index in [4.69, 9.17) is 4.74 Å². The predicted octanol–water partition coefficient (Wildman–Crippen LogP) is 2.80. The van der Waals surface area contributed by atoms with Crippen LogP contribution in [-0.2, 0) is 4.74 Å². The molecular formula is C15H20N2O4. The van der Waals surface area contributed by atoms with Gasteiger partial charge in [0, 0.05) is 31.3 Å². The quantitative estimate of drug-likeness (QED) is 0.458. The molecule has 0 bridgehead atoms. The van der Waals surface area contributed by atoms with Crippen molar-refractivity contribution in [3.05, 3.63) is 33.9 Å². The summed E-state index contributed by atoms with van der Waals surface area (Å²) in [4.78, 5) is 23.6. The molecule has 6 nitrogen and oxygen atoms in total. The fourth-order valence-corrected chi connectivity index (χ4v) is 2.60. The van der Waals surface area contributed by atoms with Crippen molar-refractivity contribution in [3.63, 3.8) is 0 Å². The molecule has 0 spiro atoms. The zero-order chi connectivity index (χ0) is 15.2. The van der Waals surface area contributed by atoms with E-state index in [0.29, 0.717) is 30.7 Å². The van der Waals surface area contributed by atoms with Gasteiger partial charge in [0.15, 0.2) is 0 Å². The van der Waals surface area contributed by atoms with Crippen LogP contribution in [0, 0.1) is 10.1 Å². The van der Waals surface area contributed by atoms with Gasteiger partial charge >= 0.3 is 0 Å². The third-order valence-corrected chi connectivity index (χ3v) is 3.61. The second-order valence-electron chi connectivity index (χ2n) is 5.20. The van der Waals surface area contributed by atoms with Crippen molar-refractivity contribution in [2.45, 2.75) is 32.3 Å². The minimum absolute atomic E-state index is 0.0178. The van der Waals surface area contributed by atoms with E-state index < -0.39 is 4.92 Å². The zero-order valence-electron chi connectivity index (χ0n) is 12.2. The molecule has 1 heterocycles. The molecule has 114 valence electrons. The van der Waals surface area contributed by atoms with E-state index in [9.17, 15) is 14.9 Å². The van der Waals surface area contributed by atoms with Gasteiger partial charge in [-0.05, 0) is 31.4 Å². The Bertz CT molecular complexity index is 518. The minimum atomic E-state index is -0.432. The van der Waals surface area contributed by atoms with Crippen LogP contribution in [0.5, 0.6) is 0 Å². The normalized spacial score (nSPS) is 18.5. The van der Waals surface area contributed by atoms with Crippen molar-refractivity contribution in [2.24, 2.45) is 0 Å². The molecule has 0 aliphatic carbocycles. The van der Waals surface area contributed by atoms with Crippen LogP contribution >= 0.6 is 0 Å². The average molecular weight is 292 g/mol. The molecule has 1 unspecified atom stereocenters. The van der Waals surface area contributed by atoms with Crippen LogP contribution in [-0.4, -0.2) is 37.0 Å². The molecule has 6 heteroatoms. The molecule has 1 saturated heterocycles. The van der Waals surface area contributed by atoms with Crippen molar-refractivity contribution in [3.8, 4) is 0 Å². The van der Waals surface area contributed by atoms with E-state index in [1.807, 2.05) is 4.90 Å². The molecule has 21 heavy (non-hydrogen) atoms. The van der Waals surface area contributed by atoms with Crippen molar-refractivity contribution < 1.29 is 14.5 Å². The molecule has 1 aliphatic heterocycles. The Labute approximate surface area is 123 Å². The van der Waals surface area contributed by atoms with Crippen LogP contribution in [0.3, 0.4) is 0 Å². The second kappa shape index (κ2) is 7.17. The SMILES string of the molecule is CCCOC1CCCN(c2ccc(C=O)cc2[N+](=O)[O-])C1. The molecular weight excluding hydrogens is 272 g/mol. The summed E-state index contributed by atoms with van der Waals surface area (Å²) < 4.78 is 5.76. The van der Waals surface area contributed by atoms with Crippen molar-refractivity contribution in [2.75, 3.05) is 24.6 Å². The maximum atomic E-state index is 11.2. The number of benzene rings is 1. The standard InChI is InChI=1S/C15H20N2O4/c1-2-8-21-13-4-3-7-16(10-13)14-6-5-12(11-18)9-15(14)17(19)20/h5-6,9,11,13H,2-4,7-8,10H2,1H3. The third-order valence-electron chi connectivity index (χ3n) is 3.61. The van der Waals surface area contributed by atoms with E-state index in [-0.39, 0.29) is 11.8 Å². The largest absolute Gasteiger partial charge is 0.376 e.